The summed E-state index contributed by atoms with van der Waals surface area (Å²) in [4.78, 5) is 13.7. The van der Waals surface area contributed by atoms with Gasteiger partial charge in [0, 0.05) is 13.1 Å². The van der Waals surface area contributed by atoms with Crippen molar-refractivity contribution in [2.45, 2.75) is 25.9 Å². The van der Waals surface area contributed by atoms with E-state index in [9.17, 15) is 9.18 Å². The Bertz CT molecular complexity index is 524. The average Bonchev–Trinajstić information content (AvgIpc) is 2.82. The number of carbonyl (C=O) groups excluding carboxylic acids is 1. The highest BCUT2D eigenvalue weighted by Gasteiger charge is 2.29. The van der Waals surface area contributed by atoms with E-state index in [1.54, 1.807) is 0 Å². The lowest BCUT2D eigenvalue weighted by atomic mass is 10.1. The molecule has 1 heterocycles. The van der Waals surface area contributed by atoms with Gasteiger partial charge in [-0.05, 0) is 36.7 Å². The van der Waals surface area contributed by atoms with E-state index in [2.05, 4.69) is 11.4 Å². The summed E-state index contributed by atoms with van der Waals surface area (Å²) in [6.07, 6.45) is 0.754. The first-order valence-corrected chi connectivity index (χ1v) is 6.36. The van der Waals surface area contributed by atoms with E-state index in [4.69, 9.17) is 5.26 Å². The Balaban J connectivity index is 2.21. The van der Waals surface area contributed by atoms with Crippen molar-refractivity contribution in [3.8, 4) is 6.07 Å². The first-order chi connectivity index (χ1) is 9.15. The zero-order valence-electron chi connectivity index (χ0n) is 10.8. The summed E-state index contributed by atoms with van der Waals surface area (Å²) in [6.45, 7) is 3.72. The Morgan fingerprint density at radius 1 is 1.58 bits per heavy atom. The molecule has 0 aliphatic carbocycles. The number of benzene rings is 1. The molecule has 0 saturated carbocycles. The summed E-state index contributed by atoms with van der Waals surface area (Å²) in [7, 11) is 0. The van der Waals surface area contributed by atoms with Gasteiger partial charge in [0.15, 0.2) is 0 Å². The maximum absolute atomic E-state index is 13.3. The lowest BCUT2D eigenvalue weighted by Gasteiger charge is -2.25. The highest BCUT2D eigenvalue weighted by Crippen LogP contribution is 2.17. The van der Waals surface area contributed by atoms with Crippen LogP contribution in [0.2, 0.25) is 0 Å². The lowest BCUT2D eigenvalue weighted by Crippen LogP contribution is -2.40. The minimum absolute atomic E-state index is 0.0109. The molecule has 5 heteroatoms. The van der Waals surface area contributed by atoms with Gasteiger partial charge in [-0.2, -0.15) is 5.26 Å². The third-order valence-electron chi connectivity index (χ3n) is 3.43. The summed E-state index contributed by atoms with van der Waals surface area (Å²) < 4.78 is 13.3. The molecule has 1 saturated heterocycles. The molecule has 1 aromatic rings. The minimum atomic E-state index is -0.360. The third kappa shape index (κ3) is 2.91. The van der Waals surface area contributed by atoms with Crippen molar-refractivity contribution in [2.75, 3.05) is 13.1 Å². The molecule has 1 aliphatic rings. The van der Waals surface area contributed by atoms with Crippen molar-refractivity contribution in [1.29, 1.82) is 5.26 Å². The number of nitriles is 1. The highest BCUT2D eigenvalue weighted by atomic mass is 19.1. The predicted octanol–water partition coefficient (Wildman–Crippen LogP) is 1.41. The molecule has 100 valence electrons. The van der Waals surface area contributed by atoms with Crippen LogP contribution in [0.3, 0.4) is 0 Å². The Morgan fingerprint density at radius 2 is 2.37 bits per heavy atom. The van der Waals surface area contributed by atoms with Gasteiger partial charge in [-0.15, -0.1) is 0 Å². The minimum Gasteiger partial charge on any atom is -0.355 e. The molecule has 0 spiro atoms. The largest absolute Gasteiger partial charge is 0.355 e. The Kier molecular flexibility index (Phi) is 4.13. The topological polar surface area (TPSA) is 56.1 Å². The van der Waals surface area contributed by atoms with E-state index < -0.39 is 0 Å². The number of amides is 1. The second-order valence-corrected chi connectivity index (χ2v) is 4.57. The number of nitrogens with zero attached hydrogens (tertiary/aromatic N) is 2. The fourth-order valence-electron chi connectivity index (χ4n) is 2.39. The molecule has 1 atom stereocenters. The maximum atomic E-state index is 13.3. The van der Waals surface area contributed by atoms with Gasteiger partial charge in [-0.1, -0.05) is 6.92 Å². The first kappa shape index (κ1) is 13.5. The van der Waals surface area contributed by atoms with Crippen LogP contribution >= 0.6 is 0 Å². The van der Waals surface area contributed by atoms with Crippen molar-refractivity contribution in [3.05, 3.63) is 35.1 Å². The van der Waals surface area contributed by atoms with Gasteiger partial charge >= 0.3 is 0 Å². The predicted molar refractivity (Wildman–Crippen MR) is 68.6 cm³/mol. The number of carbonyl (C=O) groups is 1. The van der Waals surface area contributed by atoms with Crippen LogP contribution in [0.4, 0.5) is 4.39 Å². The van der Waals surface area contributed by atoms with Crippen LogP contribution in [-0.4, -0.2) is 29.9 Å². The SMILES string of the molecule is CCN(Cc1cc(F)ccc1C#N)[C@H]1CCNC1=O. The summed E-state index contributed by atoms with van der Waals surface area (Å²) in [5.41, 5.74) is 1.09. The van der Waals surface area contributed by atoms with Crippen LogP contribution in [0.15, 0.2) is 18.2 Å². The molecule has 0 radical (unpaired) electrons. The Labute approximate surface area is 111 Å². The molecule has 1 aliphatic heterocycles. The Hall–Kier alpha value is -1.93. The van der Waals surface area contributed by atoms with Gasteiger partial charge in [0.1, 0.15) is 5.82 Å². The number of hydrogen-bond acceptors (Lipinski definition) is 3. The van der Waals surface area contributed by atoms with Crippen molar-refractivity contribution in [1.82, 2.24) is 10.2 Å². The van der Waals surface area contributed by atoms with Crippen LogP contribution in [0.25, 0.3) is 0 Å². The highest BCUT2D eigenvalue weighted by molar-refractivity contribution is 5.83. The quantitative estimate of drug-likeness (QED) is 0.891. The smallest absolute Gasteiger partial charge is 0.237 e. The number of rotatable bonds is 4. The monoisotopic (exact) mass is 261 g/mol. The van der Waals surface area contributed by atoms with E-state index in [1.807, 2.05) is 11.8 Å². The normalized spacial score (nSPS) is 18.4. The van der Waals surface area contributed by atoms with Crippen molar-refractivity contribution in [3.63, 3.8) is 0 Å². The van der Waals surface area contributed by atoms with Gasteiger partial charge < -0.3 is 5.32 Å². The Morgan fingerprint density at radius 3 is 2.95 bits per heavy atom. The summed E-state index contributed by atoms with van der Waals surface area (Å²) in [6, 6.07) is 6.01. The van der Waals surface area contributed by atoms with E-state index >= 15 is 0 Å². The van der Waals surface area contributed by atoms with Crippen molar-refractivity contribution >= 4 is 5.91 Å². The van der Waals surface area contributed by atoms with Crippen LogP contribution in [0, 0.1) is 17.1 Å². The number of halogens is 1. The molecule has 1 N–H and O–H groups in total. The molecule has 1 amide bonds. The van der Waals surface area contributed by atoms with E-state index in [0.717, 1.165) is 6.42 Å². The van der Waals surface area contributed by atoms with Crippen LogP contribution in [0.1, 0.15) is 24.5 Å². The van der Waals surface area contributed by atoms with Gasteiger partial charge in [0.25, 0.3) is 0 Å². The summed E-state index contributed by atoms with van der Waals surface area (Å²) in [5.74, 6) is -0.349. The van der Waals surface area contributed by atoms with Gasteiger partial charge in [0.2, 0.25) is 5.91 Å². The second-order valence-electron chi connectivity index (χ2n) is 4.57. The van der Waals surface area contributed by atoms with E-state index in [-0.39, 0.29) is 17.8 Å². The second kappa shape index (κ2) is 5.81. The summed E-state index contributed by atoms with van der Waals surface area (Å²) >= 11 is 0. The molecule has 0 unspecified atom stereocenters. The fraction of sp³-hybridized carbons (Fsp3) is 0.429. The van der Waals surface area contributed by atoms with Gasteiger partial charge in [0.05, 0.1) is 17.7 Å². The number of likely N-dealkylation sites (N-methyl/N-ethyl adjacent to an activating group) is 1. The molecular weight excluding hydrogens is 245 g/mol. The first-order valence-electron chi connectivity index (χ1n) is 6.36. The molecule has 0 aromatic heterocycles. The zero-order valence-corrected chi connectivity index (χ0v) is 10.8. The van der Waals surface area contributed by atoms with Crippen molar-refractivity contribution < 1.29 is 9.18 Å². The van der Waals surface area contributed by atoms with Gasteiger partial charge in [-0.3, -0.25) is 9.69 Å². The third-order valence-corrected chi connectivity index (χ3v) is 3.43. The lowest BCUT2D eigenvalue weighted by molar-refractivity contribution is -0.123. The van der Waals surface area contributed by atoms with Crippen molar-refractivity contribution in [2.24, 2.45) is 0 Å². The molecule has 1 aromatic carbocycles. The van der Waals surface area contributed by atoms with E-state index in [0.29, 0.717) is 30.8 Å². The molecule has 2 rings (SSSR count). The maximum Gasteiger partial charge on any atom is 0.237 e. The molecule has 1 fully saturated rings. The number of nitrogens with one attached hydrogen (secondary N) is 1. The van der Waals surface area contributed by atoms with Crippen LogP contribution < -0.4 is 5.32 Å². The van der Waals surface area contributed by atoms with Crippen LogP contribution in [-0.2, 0) is 11.3 Å². The zero-order chi connectivity index (χ0) is 13.8. The summed E-state index contributed by atoms with van der Waals surface area (Å²) in [5, 5.41) is 11.8. The van der Waals surface area contributed by atoms with Gasteiger partial charge in [-0.25, -0.2) is 4.39 Å². The standard InChI is InChI=1S/C14H16FN3O/c1-2-18(13-5-6-17-14(13)19)9-11-7-12(15)4-3-10(11)8-16/h3-4,7,13H,2,5-6,9H2,1H3,(H,17,19)/t13-/m0/s1. The van der Waals surface area contributed by atoms with E-state index in [1.165, 1.54) is 18.2 Å². The fourth-order valence-corrected chi connectivity index (χ4v) is 2.39. The average molecular weight is 261 g/mol. The molecule has 0 bridgehead atoms. The molecule has 19 heavy (non-hydrogen) atoms. The molecular formula is C14H16FN3O. The number of hydrogen-bond donors (Lipinski definition) is 1. The van der Waals surface area contributed by atoms with Crippen LogP contribution in [0.5, 0.6) is 0 Å². The molecule has 4 nitrogen and oxygen atoms in total.